The van der Waals surface area contributed by atoms with Crippen molar-refractivity contribution in [1.29, 1.82) is 0 Å². The molecule has 2 bridgehead atoms. The molecular formula is C27H49FN6O3S. The summed E-state index contributed by atoms with van der Waals surface area (Å²) in [4.78, 5) is 18.3. The number of piperidine rings is 1. The minimum absolute atomic E-state index is 0.0204. The van der Waals surface area contributed by atoms with E-state index in [2.05, 4.69) is 27.4 Å². The molecule has 0 saturated carbocycles. The normalized spacial score (nSPS) is 36.9. The topological polar surface area (TPSA) is 134 Å². The first kappa shape index (κ1) is 29.9. The van der Waals surface area contributed by atoms with Crippen LogP contribution in [0.2, 0.25) is 0 Å². The number of nitrogens with zero attached hydrogens (tertiary/aromatic N) is 2. The monoisotopic (exact) mass is 556 g/mol. The maximum atomic E-state index is 14.8. The Morgan fingerprint density at radius 3 is 2.71 bits per heavy atom. The fourth-order valence-corrected chi connectivity index (χ4v) is 8.73. The fourth-order valence-electron chi connectivity index (χ4n) is 7.34. The number of carbonyl (C=O) groups is 1. The number of carbonyl (C=O) groups excluding carboxylic acids is 1. The van der Waals surface area contributed by atoms with Crippen LogP contribution in [0.15, 0.2) is 11.9 Å². The van der Waals surface area contributed by atoms with Gasteiger partial charge in [-0.2, -0.15) is 0 Å². The molecule has 6 N–H and O–H groups in total. The predicted molar refractivity (Wildman–Crippen MR) is 149 cm³/mol. The highest BCUT2D eigenvalue weighted by Gasteiger charge is 2.47. The van der Waals surface area contributed by atoms with Crippen LogP contribution in [0.25, 0.3) is 0 Å². The van der Waals surface area contributed by atoms with Crippen LogP contribution in [-0.2, 0) is 14.6 Å². The molecule has 0 radical (unpaired) electrons. The molecule has 0 aromatic rings. The summed E-state index contributed by atoms with van der Waals surface area (Å²) in [5.74, 6) is -0.887. The molecule has 0 aromatic carbocycles. The van der Waals surface area contributed by atoms with Crippen molar-refractivity contribution in [2.45, 2.75) is 94.8 Å². The van der Waals surface area contributed by atoms with Crippen molar-refractivity contribution in [2.24, 2.45) is 22.8 Å². The minimum atomic E-state index is -3.16. The van der Waals surface area contributed by atoms with E-state index in [1.165, 1.54) is 0 Å². The highest BCUT2D eigenvalue weighted by molar-refractivity contribution is 7.92. The Kier molecular flexibility index (Phi) is 9.26. The number of halogens is 1. The number of rotatable bonds is 6. The van der Waals surface area contributed by atoms with Crippen molar-refractivity contribution < 1.29 is 17.6 Å². The molecule has 4 rings (SSSR count). The van der Waals surface area contributed by atoms with Crippen LogP contribution in [0.1, 0.15) is 65.7 Å². The van der Waals surface area contributed by atoms with E-state index >= 15 is 0 Å². The summed E-state index contributed by atoms with van der Waals surface area (Å²) in [7, 11) is -3.16. The van der Waals surface area contributed by atoms with Crippen molar-refractivity contribution in [3.63, 3.8) is 0 Å². The van der Waals surface area contributed by atoms with E-state index in [-0.39, 0.29) is 47.6 Å². The SMILES string of the molecule is CCC12CCC=C(F)CN(CCC1)C(C(C(=O)NC1CNCCC1N1CCS(=O)(=O)C(C)(C)C1)C(N)N)C2. The Morgan fingerprint density at radius 1 is 1.26 bits per heavy atom. The average Bonchev–Trinajstić information content (AvgIpc) is 2.97. The lowest BCUT2D eigenvalue weighted by atomic mass is 9.71. The molecule has 0 aromatic heterocycles. The first-order valence-corrected chi connectivity index (χ1v) is 16.1. The van der Waals surface area contributed by atoms with Crippen LogP contribution in [0, 0.1) is 11.3 Å². The lowest BCUT2D eigenvalue weighted by Crippen LogP contribution is -2.66. The molecule has 1 amide bonds. The summed E-state index contributed by atoms with van der Waals surface area (Å²) in [6.45, 7) is 8.97. The zero-order valence-corrected chi connectivity index (χ0v) is 24.2. The number of hydrogen-bond acceptors (Lipinski definition) is 8. The zero-order chi connectivity index (χ0) is 27.7. The maximum absolute atomic E-state index is 14.8. The molecule has 6 unspecified atom stereocenters. The number of amides is 1. The third kappa shape index (κ3) is 6.28. The van der Waals surface area contributed by atoms with E-state index in [4.69, 9.17) is 11.5 Å². The lowest BCUT2D eigenvalue weighted by Gasteiger charge is -2.47. The third-order valence-corrected chi connectivity index (χ3v) is 12.4. The lowest BCUT2D eigenvalue weighted by molar-refractivity contribution is -0.130. The highest BCUT2D eigenvalue weighted by Crippen LogP contribution is 2.44. The predicted octanol–water partition coefficient (Wildman–Crippen LogP) is 1.10. The van der Waals surface area contributed by atoms with E-state index in [0.29, 0.717) is 26.1 Å². The van der Waals surface area contributed by atoms with Crippen LogP contribution < -0.4 is 22.1 Å². The highest BCUT2D eigenvalue weighted by atomic mass is 32.2. The van der Waals surface area contributed by atoms with E-state index in [0.717, 1.165) is 51.6 Å². The standard InChI is InChI=1S/C27H49FN6O3S/c1-4-27-9-5-7-19(28)17-33(12-6-10-27)22(15-27)23(24(29)30)25(35)32-20-16-31-11-8-21(20)34-13-14-38(36,37)26(2,3)18-34/h7,20-24,31H,4-6,8-18,29-30H2,1-3H3,(H,32,35). The van der Waals surface area contributed by atoms with Gasteiger partial charge in [-0.3, -0.25) is 14.6 Å². The Hall–Kier alpha value is -1.11. The van der Waals surface area contributed by atoms with Gasteiger partial charge in [0.15, 0.2) is 9.84 Å². The van der Waals surface area contributed by atoms with Gasteiger partial charge in [0.2, 0.25) is 5.91 Å². The Bertz CT molecular complexity index is 989. The summed E-state index contributed by atoms with van der Waals surface area (Å²) < 4.78 is 39.2. The van der Waals surface area contributed by atoms with Gasteiger partial charge in [0.05, 0.1) is 35.2 Å². The van der Waals surface area contributed by atoms with Crippen LogP contribution in [0.4, 0.5) is 4.39 Å². The van der Waals surface area contributed by atoms with Crippen molar-refractivity contribution in [3.8, 4) is 0 Å². The Morgan fingerprint density at radius 2 is 2.03 bits per heavy atom. The van der Waals surface area contributed by atoms with Crippen LogP contribution >= 0.6 is 0 Å². The summed E-state index contributed by atoms with van der Waals surface area (Å²) >= 11 is 0. The smallest absolute Gasteiger partial charge is 0.227 e. The van der Waals surface area contributed by atoms with Crippen LogP contribution in [0.5, 0.6) is 0 Å². The molecular weight excluding hydrogens is 507 g/mol. The van der Waals surface area contributed by atoms with Crippen molar-refractivity contribution >= 4 is 15.7 Å². The maximum Gasteiger partial charge on any atom is 0.227 e. The van der Waals surface area contributed by atoms with E-state index in [9.17, 15) is 17.6 Å². The van der Waals surface area contributed by atoms with Gasteiger partial charge in [-0.15, -0.1) is 0 Å². The number of sulfone groups is 1. The summed E-state index contributed by atoms with van der Waals surface area (Å²) in [6, 6.07) is -0.424. The second-order valence-electron chi connectivity index (χ2n) is 12.7. The van der Waals surface area contributed by atoms with Gasteiger partial charge in [0.25, 0.3) is 0 Å². The van der Waals surface area contributed by atoms with Gasteiger partial charge in [0, 0.05) is 31.7 Å². The number of fused-ring (bicyclic) bond motifs is 3. The summed E-state index contributed by atoms with van der Waals surface area (Å²) in [5, 5.41) is 6.67. The first-order valence-electron chi connectivity index (χ1n) is 14.5. The van der Waals surface area contributed by atoms with Gasteiger partial charge in [-0.05, 0) is 70.9 Å². The van der Waals surface area contributed by atoms with E-state index in [1.54, 1.807) is 19.9 Å². The van der Waals surface area contributed by atoms with E-state index in [1.807, 2.05) is 0 Å². The minimum Gasteiger partial charge on any atom is -0.350 e. The van der Waals surface area contributed by atoms with Gasteiger partial charge >= 0.3 is 0 Å². The second kappa shape index (κ2) is 11.8. The summed E-state index contributed by atoms with van der Waals surface area (Å²) in [6.07, 6.45) is 7.03. The van der Waals surface area contributed by atoms with Gasteiger partial charge in [-0.25, -0.2) is 12.8 Å². The molecule has 218 valence electrons. The molecule has 3 saturated heterocycles. The van der Waals surface area contributed by atoms with Gasteiger partial charge in [0.1, 0.15) is 5.83 Å². The fraction of sp³-hybridized carbons (Fsp3) is 0.889. The third-order valence-electron chi connectivity index (χ3n) is 9.86. The largest absolute Gasteiger partial charge is 0.350 e. The Labute approximate surface area is 228 Å². The molecule has 3 fully saturated rings. The number of hydrogen-bond donors (Lipinski definition) is 4. The van der Waals surface area contributed by atoms with Crippen molar-refractivity contribution in [3.05, 3.63) is 11.9 Å². The molecule has 4 aliphatic rings. The quantitative estimate of drug-likeness (QED) is 0.358. The summed E-state index contributed by atoms with van der Waals surface area (Å²) in [5.41, 5.74) is 12.7. The number of allylic oxidation sites excluding steroid dienone is 1. The molecule has 4 heterocycles. The molecule has 0 spiro atoms. The Balaban J connectivity index is 1.56. The van der Waals surface area contributed by atoms with Gasteiger partial charge < -0.3 is 22.1 Å². The molecule has 9 nitrogen and oxygen atoms in total. The number of nitrogens with one attached hydrogen (secondary N) is 2. The van der Waals surface area contributed by atoms with Crippen molar-refractivity contribution in [1.82, 2.24) is 20.4 Å². The zero-order valence-electron chi connectivity index (χ0n) is 23.4. The molecule has 4 aliphatic heterocycles. The molecule has 6 atom stereocenters. The molecule has 0 aliphatic carbocycles. The van der Waals surface area contributed by atoms with Gasteiger partial charge in [-0.1, -0.05) is 19.4 Å². The molecule has 38 heavy (non-hydrogen) atoms. The second-order valence-corrected chi connectivity index (χ2v) is 15.5. The van der Waals surface area contributed by atoms with Crippen LogP contribution in [-0.4, -0.2) is 98.2 Å². The van der Waals surface area contributed by atoms with Crippen LogP contribution in [0.3, 0.4) is 0 Å². The van der Waals surface area contributed by atoms with E-state index < -0.39 is 26.7 Å². The average molecular weight is 557 g/mol. The first-order chi connectivity index (χ1) is 17.9. The number of nitrogens with two attached hydrogens (primary N) is 2. The van der Waals surface area contributed by atoms with Crippen molar-refractivity contribution in [2.75, 3.05) is 45.0 Å². The molecule has 11 heteroatoms.